The minimum Gasteiger partial charge on any atom is -0.485 e. The third kappa shape index (κ3) is 2.42. The van der Waals surface area contributed by atoms with E-state index in [2.05, 4.69) is 15.3 Å². The largest absolute Gasteiger partial charge is 0.485 e. The van der Waals surface area contributed by atoms with Gasteiger partial charge in [0, 0.05) is 5.56 Å². The molecule has 0 unspecified atom stereocenters. The number of aromatic nitrogens is 4. The summed E-state index contributed by atoms with van der Waals surface area (Å²) in [6.45, 7) is 0.324. The Bertz CT molecular complexity index is 1160. The van der Waals surface area contributed by atoms with E-state index in [0.29, 0.717) is 33.6 Å². The average molecular weight is 364 g/mol. The number of nitrogens with zero attached hydrogens (tertiary/aromatic N) is 4. The Morgan fingerprint density at radius 1 is 1.00 bits per heavy atom. The zero-order chi connectivity index (χ0) is 17.5. The molecule has 128 valence electrons. The summed E-state index contributed by atoms with van der Waals surface area (Å²) in [7, 11) is 0. The van der Waals surface area contributed by atoms with Gasteiger partial charge in [-0.25, -0.2) is 0 Å². The molecule has 0 spiro atoms. The van der Waals surface area contributed by atoms with E-state index in [1.807, 2.05) is 54.6 Å². The summed E-state index contributed by atoms with van der Waals surface area (Å²) in [6.07, 6.45) is -0.392. The Morgan fingerprint density at radius 3 is 2.62 bits per heavy atom. The van der Waals surface area contributed by atoms with Gasteiger partial charge in [0.25, 0.3) is 0 Å². The molecule has 0 bridgehead atoms. The van der Waals surface area contributed by atoms with Crippen LogP contribution in [0.4, 0.5) is 0 Å². The second kappa shape index (κ2) is 5.92. The van der Waals surface area contributed by atoms with Crippen molar-refractivity contribution >= 4 is 16.3 Å². The van der Waals surface area contributed by atoms with Gasteiger partial charge in [-0.05, 0) is 12.1 Å². The van der Waals surface area contributed by atoms with Gasteiger partial charge < -0.3 is 9.47 Å². The van der Waals surface area contributed by atoms with Crippen LogP contribution in [-0.4, -0.2) is 26.4 Å². The van der Waals surface area contributed by atoms with Crippen molar-refractivity contribution in [2.24, 2.45) is 0 Å². The summed E-state index contributed by atoms with van der Waals surface area (Å²) < 4.78 is 13.0. The first-order chi connectivity index (χ1) is 12.8. The van der Waals surface area contributed by atoms with Crippen molar-refractivity contribution in [2.75, 3.05) is 6.61 Å². The molecule has 1 aliphatic rings. The van der Waals surface area contributed by atoms with Crippen LogP contribution < -0.4 is 15.0 Å². The molecule has 0 saturated heterocycles. The fourth-order valence-electron chi connectivity index (χ4n) is 2.78. The van der Waals surface area contributed by atoms with E-state index in [0.717, 1.165) is 0 Å². The molecule has 2 aromatic heterocycles. The van der Waals surface area contributed by atoms with Gasteiger partial charge in [0.1, 0.15) is 6.61 Å². The number of para-hydroxylation sites is 2. The molecule has 4 aromatic rings. The maximum atomic E-state index is 12.8. The van der Waals surface area contributed by atoms with E-state index in [1.54, 1.807) is 0 Å². The van der Waals surface area contributed by atoms with Gasteiger partial charge >= 0.3 is 5.56 Å². The van der Waals surface area contributed by atoms with Crippen molar-refractivity contribution in [1.29, 1.82) is 0 Å². The minimum absolute atomic E-state index is 0.270. The monoisotopic (exact) mass is 364 g/mol. The predicted molar refractivity (Wildman–Crippen MR) is 95.7 cm³/mol. The maximum absolute atomic E-state index is 12.8. The summed E-state index contributed by atoms with van der Waals surface area (Å²) in [4.78, 5) is 13.2. The van der Waals surface area contributed by atoms with Crippen LogP contribution in [0.3, 0.4) is 0 Å². The number of hydrogen-bond acceptors (Lipinski definition) is 7. The fourth-order valence-corrected chi connectivity index (χ4v) is 3.63. The summed E-state index contributed by atoms with van der Waals surface area (Å²) in [5, 5.41) is 13.3. The highest BCUT2D eigenvalue weighted by Gasteiger charge is 2.26. The van der Waals surface area contributed by atoms with Crippen molar-refractivity contribution < 1.29 is 9.47 Å². The van der Waals surface area contributed by atoms with Crippen LogP contribution in [0.1, 0.15) is 11.1 Å². The Labute approximate surface area is 151 Å². The zero-order valence-corrected chi connectivity index (χ0v) is 14.2. The molecule has 0 radical (unpaired) electrons. The average Bonchev–Trinajstić information content (AvgIpc) is 3.14. The number of hydrogen-bond donors (Lipinski definition) is 0. The first kappa shape index (κ1) is 15.0. The van der Waals surface area contributed by atoms with Crippen LogP contribution in [0.5, 0.6) is 11.5 Å². The molecule has 7 nitrogen and oxygen atoms in total. The molecular weight excluding hydrogens is 352 g/mol. The molecule has 0 saturated carbocycles. The van der Waals surface area contributed by atoms with Crippen LogP contribution in [0, 0.1) is 0 Å². The predicted octanol–water partition coefficient (Wildman–Crippen LogP) is 2.73. The van der Waals surface area contributed by atoms with Crippen molar-refractivity contribution in [3.8, 4) is 22.8 Å². The van der Waals surface area contributed by atoms with E-state index in [9.17, 15) is 4.79 Å². The van der Waals surface area contributed by atoms with Crippen molar-refractivity contribution in [1.82, 2.24) is 19.8 Å². The molecule has 26 heavy (non-hydrogen) atoms. The summed E-state index contributed by atoms with van der Waals surface area (Å²) in [6, 6.07) is 16.7. The molecule has 0 fully saturated rings. The lowest BCUT2D eigenvalue weighted by molar-refractivity contribution is 0.0904. The molecule has 0 N–H and O–H groups in total. The van der Waals surface area contributed by atoms with Crippen LogP contribution in [0.25, 0.3) is 16.2 Å². The van der Waals surface area contributed by atoms with Crippen LogP contribution >= 0.6 is 11.3 Å². The van der Waals surface area contributed by atoms with Crippen molar-refractivity contribution in [3.63, 3.8) is 0 Å². The molecule has 8 heteroatoms. The van der Waals surface area contributed by atoms with Gasteiger partial charge in [-0.1, -0.05) is 53.8 Å². The van der Waals surface area contributed by atoms with Crippen LogP contribution in [-0.2, 0) is 0 Å². The number of rotatable bonds is 2. The summed E-state index contributed by atoms with van der Waals surface area (Å²) >= 11 is 1.27. The van der Waals surface area contributed by atoms with Gasteiger partial charge in [-0.2, -0.15) is 9.61 Å². The third-order valence-electron chi connectivity index (χ3n) is 4.04. The highest BCUT2D eigenvalue weighted by Crippen LogP contribution is 2.36. The first-order valence-electron chi connectivity index (χ1n) is 8.00. The van der Waals surface area contributed by atoms with Crippen molar-refractivity contribution in [3.05, 3.63) is 70.0 Å². The SMILES string of the molecule is O=c1c(-c2ccccc2)nnc2sc([C@H]3COc4ccccc4O3)nn12. The van der Waals surface area contributed by atoms with Gasteiger partial charge in [-0.3, -0.25) is 4.79 Å². The quantitative estimate of drug-likeness (QED) is 0.544. The van der Waals surface area contributed by atoms with E-state index < -0.39 is 6.10 Å². The standard InChI is InChI=1S/C18H12N4O3S/c23-17-15(11-6-2-1-3-7-11)19-20-18-22(17)21-16(26-18)14-10-24-12-8-4-5-9-13(12)25-14/h1-9,14H,10H2/t14-/m1/s1. The number of fused-ring (bicyclic) bond motifs is 2. The highest BCUT2D eigenvalue weighted by molar-refractivity contribution is 7.16. The molecule has 1 aliphatic heterocycles. The second-order valence-electron chi connectivity index (χ2n) is 5.72. The lowest BCUT2D eigenvalue weighted by Gasteiger charge is -2.24. The molecule has 1 atom stereocenters. The highest BCUT2D eigenvalue weighted by atomic mass is 32.1. The number of ether oxygens (including phenoxy) is 2. The molecule has 0 amide bonds. The van der Waals surface area contributed by atoms with Crippen LogP contribution in [0.2, 0.25) is 0 Å². The fraction of sp³-hybridized carbons (Fsp3) is 0.111. The zero-order valence-electron chi connectivity index (χ0n) is 13.4. The first-order valence-corrected chi connectivity index (χ1v) is 8.81. The van der Waals surface area contributed by atoms with E-state index in [-0.39, 0.29) is 11.3 Å². The molecule has 3 heterocycles. The molecule has 2 aromatic carbocycles. The summed E-state index contributed by atoms with van der Waals surface area (Å²) in [5.41, 5.74) is 0.673. The normalized spacial score (nSPS) is 15.9. The van der Waals surface area contributed by atoms with E-state index >= 15 is 0 Å². The van der Waals surface area contributed by atoms with Gasteiger partial charge in [0.2, 0.25) is 4.96 Å². The van der Waals surface area contributed by atoms with E-state index in [4.69, 9.17) is 9.47 Å². The minimum atomic E-state index is -0.392. The molecular formula is C18H12N4O3S. The third-order valence-corrected chi connectivity index (χ3v) is 5.03. The van der Waals surface area contributed by atoms with Gasteiger partial charge in [0.15, 0.2) is 28.3 Å². The van der Waals surface area contributed by atoms with Crippen molar-refractivity contribution in [2.45, 2.75) is 6.10 Å². The topological polar surface area (TPSA) is 78.6 Å². The summed E-state index contributed by atoms with van der Waals surface area (Å²) in [5.74, 6) is 1.36. The Hall–Kier alpha value is -3.26. The van der Waals surface area contributed by atoms with Gasteiger partial charge in [-0.15, -0.1) is 10.2 Å². The molecule has 5 rings (SSSR count). The lowest BCUT2D eigenvalue weighted by Crippen LogP contribution is -2.23. The second-order valence-corrected chi connectivity index (χ2v) is 6.71. The molecule has 0 aliphatic carbocycles. The maximum Gasteiger partial charge on any atom is 0.302 e. The lowest BCUT2D eigenvalue weighted by atomic mass is 10.2. The number of benzene rings is 2. The Kier molecular flexibility index (Phi) is 3.42. The van der Waals surface area contributed by atoms with Gasteiger partial charge in [0.05, 0.1) is 0 Å². The Morgan fingerprint density at radius 2 is 1.77 bits per heavy atom. The smallest absolute Gasteiger partial charge is 0.302 e. The Balaban J connectivity index is 1.55. The van der Waals surface area contributed by atoms with Crippen LogP contribution in [0.15, 0.2) is 59.4 Å². The van der Waals surface area contributed by atoms with E-state index in [1.165, 1.54) is 15.9 Å².